The van der Waals surface area contributed by atoms with Gasteiger partial charge in [-0.1, -0.05) is 24.3 Å². The van der Waals surface area contributed by atoms with Crippen LogP contribution in [0, 0.1) is 0 Å². The molecule has 0 radical (unpaired) electrons. The third-order valence-electron chi connectivity index (χ3n) is 4.82. The number of ketones is 1. The highest BCUT2D eigenvalue weighted by Crippen LogP contribution is 2.31. The van der Waals surface area contributed by atoms with Crippen molar-refractivity contribution >= 4 is 11.8 Å². The molecule has 0 saturated heterocycles. The van der Waals surface area contributed by atoms with Gasteiger partial charge in [0.15, 0.2) is 17.6 Å². The van der Waals surface area contributed by atoms with Gasteiger partial charge in [0.25, 0.3) is 0 Å². The number of rotatable bonds is 4. The van der Waals surface area contributed by atoms with Crippen molar-refractivity contribution in [1.82, 2.24) is 0 Å². The zero-order chi connectivity index (χ0) is 18.1. The van der Waals surface area contributed by atoms with Gasteiger partial charge in [-0.05, 0) is 55.5 Å². The first kappa shape index (κ1) is 16.6. The van der Waals surface area contributed by atoms with E-state index in [0.717, 1.165) is 19.3 Å². The van der Waals surface area contributed by atoms with Crippen molar-refractivity contribution in [2.75, 3.05) is 6.61 Å². The molecule has 2 atom stereocenters. The second kappa shape index (κ2) is 6.83. The predicted octanol–water partition coefficient (Wildman–Crippen LogP) is 3.13. The highest BCUT2D eigenvalue weighted by Gasteiger charge is 2.31. The fraction of sp³-hybridized carbons (Fsp3) is 0.333. The number of para-hydroxylation sites is 2. The second-order valence-electron chi connectivity index (χ2n) is 6.64. The Bertz CT molecular complexity index is 857. The van der Waals surface area contributed by atoms with E-state index in [1.165, 1.54) is 11.1 Å². The zero-order valence-corrected chi connectivity index (χ0v) is 14.6. The van der Waals surface area contributed by atoms with Crippen LogP contribution in [0.2, 0.25) is 0 Å². The van der Waals surface area contributed by atoms with Crippen molar-refractivity contribution < 1.29 is 23.8 Å². The highest BCUT2D eigenvalue weighted by atomic mass is 16.6. The average molecular weight is 352 g/mol. The van der Waals surface area contributed by atoms with Crippen LogP contribution in [0.15, 0.2) is 42.5 Å². The number of hydrogen-bond donors (Lipinski definition) is 0. The minimum absolute atomic E-state index is 0.0651. The normalized spacial score (nSPS) is 18.7. The summed E-state index contributed by atoms with van der Waals surface area (Å²) in [6, 6.07) is 12.9. The largest absolute Gasteiger partial charge is 0.485 e. The fourth-order valence-electron chi connectivity index (χ4n) is 3.40. The molecule has 0 spiro atoms. The van der Waals surface area contributed by atoms with Crippen LogP contribution in [0.1, 0.15) is 34.8 Å². The number of benzene rings is 2. The van der Waals surface area contributed by atoms with Gasteiger partial charge in [0.2, 0.25) is 11.9 Å². The fourth-order valence-corrected chi connectivity index (χ4v) is 3.40. The maximum atomic E-state index is 12.6. The number of ether oxygens (including phenoxy) is 3. The summed E-state index contributed by atoms with van der Waals surface area (Å²) in [5, 5.41) is 0. The average Bonchev–Trinajstić information content (AvgIpc) is 3.14. The summed E-state index contributed by atoms with van der Waals surface area (Å²) in [4.78, 5) is 25.0. The van der Waals surface area contributed by atoms with E-state index < -0.39 is 18.2 Å². The van der Waals surface area contributed by atoms with E-state index in [0.29, 0.717) is 17.1 Å². The predicted molar refractivity (Wildman–Crippen MR) is 94.7 cm³/mol. The first-order chi connectivity index (χ1) is 12.6. The monoisotopic (exact) mass is 352 g/mol. The Morgan fingerprint density at radius 3 is 2.69 bits per heavy atom. The van der Waals surface area contributed by atoms with Crippen LogP contribution in [0.4, 0.5) is 0 Å². The smallest absolute Gasteiger partial charge is 0.351 e. The first-order valence-corrected chi connectivity index (χ1v) is 8.87. The van der Waals surface area contributed by atoms with Gasteiger partial charge in [-0.15, -0.1) is 0 Å². The van der Waals surface area contributed by atoms with Crippen molar-refractivity contribution in [2.45, 2.75) is 38.4 Å². The van der Waals surface area contributed by atoms with Crippen LogP contribution in [0.25, 0.3) is 0 Å². The van der Waals surface area contributed by atoms with E-state index in [1.54, 1.807) is 25.1 Å². The Kier molecular flexibility index (Phi) is 4.37. The number of esters is 1. The molecule has 0 unspecified atom stereocenters. The van der Waals surface area contributed by atoms with E-state index in [9.17, 15) is 9.59 Å². The van der Waals surface area contributed by atoms with Crippen molar-refractivity contribution in [2.24, 2.45) is 0 Å². The lowest BCUT2D eigenvalue weighted by Crippen LogP contribution is -2.40. The molecule has 4 rings (SSSR count). The van der Waals surface area contributed by atoms with E-state index in [4.69, 9.17) is 14.2 Å². The molecule has 2 aliphatic rings. The summed E-state index contributed by atoms with van der Waals surface area (Å²) in [5.41, 5.74) is 3.10. The van der Waals surface area contributed by atoms with Crippen molar-refractivity contribution in [1.29, 1.82) is 0 Å². The van der Waals surface area contributed by atoms with Gasteiger partial charge in [-0.25, -0.2) is 4.79 Å². The summed E-state index contributed by atoms with van der Waals surface area (Å²) < 4.78 is 16.5. The Morgan fingerprint density at radius 1 is 1.08 bits per heavy atom. The van der Waals surface area contributed by atoms with E-state index >= 15 is 0 Å². The molecule has 1 heterocycles. The number of Topliss-reactive ketones (excluding diaryl/α,β-unsaturated/α-hetero) is 1. The SMILES string of the molecule is C[C@@H](OC(=O)[C@H]1COc2ccccc2O1)C(=O)c1ccc2c(c1)CCC2. The molecule has 134 valence electrons. The number of carbonyl (C=O) groups excluding carboxylic acids is 2. The Morgan fingerprint density at radius 2 is 1.85 bits per heavy atom. The standard InChI is InChI=1S/C21H20O5/c1-13(20(22)16-10-9-14-5-4-6-15(14)11-16)25-21(23)19-12-24-17-7-2-3-8-18(17)26-19/h2-3,7-11,13,19H,4-6,12H2,1H3/t13-,19-/m1/s1. The molecule has 2 aromatic carbocycles. The van der Waals surface area contributed by atoms with Gasteiger partial charge in [0, 0.05) is 5.56 Å². The summed E-state index contributed by atoms with van der Waals surface area (Å²) in [6.45, 7) is 1.65. The molecule has 1 aliphatic heterocycles. The second-order valence-corrected chi connectivity index (χ2v) is 6.64. The summed E-state index contributed by atoms with van der Waals surface area (Å²) in [5.74, 6) is 0.295. The van der Waals surface area contributed by atoms with Gasteiger partial charge in [-0.3, -0.25) is 4.79 Å². The van der Waals surface area contributed by atoms with E-state index in [1.807, 2.05) is 24.3 Å². The van der Waals surface area contributed by atoms with Crippen LogP contribution in [0.5, 0.6) is 11.5 Å². The van der Waals surface area contributed by atoms with Crippen molar-refractivity contribution in [3.05, 3.63) is 59.2 Å². The molecule has 1 aliphatic carbocycles. The summed E-state index contributed by atoms with van der Waals surface area (Å²) in [6.07, 6.45) is 1.44. The zero-order valence-electron chi connectivity index (χ0n) is 14.6. The van der Waals surface area contributed by atoms with Gasteiger partial charge < -0.3 is 14.2 Å². The molecule has 26 heavy (non-hydrogen) atoms. The van der Waals surface area contributed by atoms with Crippen LogP contribution in [0.3, 0.4) is 0 Å². The molecule has 0 saturated carbocycles. The minimum atomic E-state index is -0.875. The van der Waals surface area contributed by atoms with Gasteiger partial charge >= 0.3 is 5.97 Å². The maximum Gasteiger partial charge on any atom is 0.351 e. The van der Waals surface area contributed by atoms with Gasteiger partial charge in [0.1, 0.15) is 6.61 Å². The van der Waals surface area contributed by atoms with Crippen LogP contribution < -0.4 is 9.47 Å². The Labute approximate surface area is 151 Å². The van der Waals surface area contributed by atoms with Crippen LogP contribution >= 0.6 is 0 Å². The maximum absolute atomic E-state index is 12.6. The van der Waals surface area contributed by atoms with Crippen LogP contribution in [-0.4, -0.2) is 30.6 Å². The lowest BCUT2D eigenvalue weighted by Gasteiger charge is -2.25. The third kappa shape index (κ3) is 3.17. The van der Waals surface area contributed by atoms with E-state index in [2.05, 4.69) is 0 Å². The molecular formula is C21H20O5. The topological polar surface area (TPSA) is 61.8 Å². The van der Waals surface area contributed by atoms with Crippen LogP contribution in [-0.2, 0) is 22.4 Å². The Balaban J connectivity index is 1.40. The lowest BCUT2D eigenvalue weighted by molar-refractivity contribution is -0.157. The molecule has 0 amide bonds. The lowest BCUT2D eigenvalue weighted by atomic mass is 10.0. The van der Waals surface area contributed by atoms with Crippen molar-refractivity contribution in [3.8, 4) is 11.5 Å². The summed E-state index contributed by atoms with van der Waals surface area (Å²) in [7, 11) is 0. The minimum Gasteiger partial charge on any atom is -0.485 e. The molecule has 5 nitrogen and oxygen atoms in total. The quantitative estimate of drug-likeness (QED) is 0.625. The number of aryl methyl sites for hydroxylation is 2. The molecular weight excluding hydrogens is 332 g/mol. The molecule has 0 fully saturated rings. The van der Waals surface area contributed by atoms with Gasteiger partial charge in [-0.2, -0.15) is 0 Å². The van der Waals surface area contributed by atoms with Gasteiger partial charge in [0.05, 0.1) is 0 Å². The Hall–Kier alpha value is -2.82. The molecule has 0 N–H and O–H groups in total. The summed E-state index contributed by atoms with van der Waals surface area (Å²) >= 11 is 0. The molecule has 0 bridgehead atoms. The number of carbonyl (C=O) groups is 2. The first-order valence-electron chi connectivity index (χ1n) is 8.87. The molecule has 5 heteroatoms. The number of fused-ring (bicyclic) bond motifs is 2. The van der Waals surface area contributed by atoms with Crippen molar-refractivity contribution in [3.63, 3.8) is 0 Å². The molecule has 2 aromatic rings. The molecule has 0 aromatic heterocycles. The van der Waals surface area contributed by atoms with E-state index in [-0.39, 0.29) is 12.4 Å². The number of hydrogen-bond acceptors (Lipinski definition) is 5. The highest BCUT2D eigenvalue weighted by molar-refractivity contribution is 6.00. The third-order valence-corrected chi connectivity index (χ3v) is 4.82.